The summed E-state index contributed by atoms with van der Waals surface area (Å²) < 4.78 is 0. The Morgan fingerprint density at radius 1 is 1.40 bits per heavy atom. The van der Waals surface area contributed by atoms with Gasteiger partial charge in [-0.3, -0.25) is 4.79 Å². The fraction of sp³-hybridized carbons (Fsp3) is 0.400. The van der Waals surface area contributed by atoms with Crippen molar-refractivity contribution < 1.29 is 4.79 Å². The van der Waals surface area contributed by atoms with Gasteiger partial charge in [-0.2, -0.15) is 5.26 Å². The molecular formula is C15H16N2OS2. The number of nitrogens with zero attached hydrogens (tertiary/aromatic N) is 2. The van der Waals surface area contributed by atoms with Crippen LogP contribution >= 0.6 is 22.7 Å². The van der Waals surface area contributed by atoms with Gasteiger partial charge in [0.15, 0.2) is 11.7 Å². The Balaban J connectivity index is 2.30. The number of ketones is 1. The maximum atomic E-state index is 12.5. The normalized spacial score (nSPS) is 12.9. The zero-order valence-corrected chi connectivity index (χ0v) is 13.6. The molecule has 2 aromatic heterocycles. The molecular weight excluding hydrogens is 288 g/mol. The summed E-state index contributed by atoms with van der Waals surface area (Å²) >= 11 is 2.84. The van der Waals surface area contributed by atoms with Crippen molar-refractivity contribution in [2.24, 2.45) is 0 Å². The Morgan fingerprint density at radius 3 is 2.55 bits per heavy atom. The van der Waals surface area contributed by atoms with Crippen molar-refractivity contribution in [1.82, 2.24) is 4.98 Å². The van der Waals surface area contributed by atoms with E-state index in [2.05, 4.69) is 31.8 Å². The fourth-order valence-corrected chi connectivity index (χ4v) is 3.62. The molecule has 0 spiro atoms. The SMILES string of the molecule is Cc1csc(C(C#N)C(=O)c2ccc(C(C)(C)C)s2)n1. The summed E-state index contributed by atoms with van der Waals surface area (Å²) in [7, 11) is 0. The van der Waals surface area contributed by atoms with Gasteiger partial charge in [0.1, 0.15) is 5.01 Å². The quantitative estimate of drug-likeness (QED) is 0.794. The van der Waals surface area contributed by atoms with Crippen LogP contribution in [0.25, 0.3) is 0 Å². The van der Waals surface area contributed by atoms with E-state index in [1.807, 2.05) is 24.4 Å². The third kappa shape index (κ3) is 2.97. The lowest BCUT2D eigenvalue weighted by atomic mass is 9.95. The van der Waals surface area contributed by atoms with Crippen LogP contribution in [0, 0.1) is 18.3 Å². The molecule has 0 aliphatic rings. The molecule has 2 rings (SSSR count). The van der Waals surface area contributed by atoms with Crippen molar-refractivity contribution in [2.45, 2.75) is 39.0 Å². The highest BCUT2D eigenvalue weighted by molar-refractivity contribution is 7.14. The van der Waals surface area contributed by atoms with Gasteiger partial charge in [0, 0.05) is 16.0 Å². The van der Waals surface area contributed by atoms with Crippen LogP contribution in [0.2, 0.25) is 0 Å². The average Bonchev–Trinajstić information content (AvgIpc) is 2.98. The zero-order chi connectivity index (χ0) is 14.9. The molecule has 5 heteroatoms. The van der Waals surface area contributed by atoms with E-state index in [9.17, 15) is 10.1 Å². The first-order valence-corrected chi connectivity index (χ1v) is 7.98. The second kappa shape index (κ2) is 5.47. The summed E-state index contributed by atoms with van der Waals surface area (Å²) in [4.78, 5) is 18.5. The second-order valence-corrected chi connectivity index (χ2v) is 7.64. The predicted molar refractivity (Wildman–Crippen MR) is 82.6 cm³/mol. The molecule has 0 saturated carbocycles. The second-order valence-electron chi connectivity index (χ2n) is 5.67. The van der Waals surface area contributed by atoms with Crippen molar-refractivity contribution in [2.75, 3.05) is 0 Å². The van der Waals surface area contributed by atoms with Crippen LogP contribution in [0.3, 0.4) is 0 Å². The van der Waals surface area contributed by atoms with Gasteiger partial charge in [0.25, 0.3) is 0 Å². The van der Waals surface area contributed by atoms with Crippen LogP contribution in [0.1, 0.15) is 51.9 Å². The summed E-state index contributed by atoms with van der Waals surface area (Å²) in [6, 6.07) is 5.87. The molecule has 0 amide bonds. The van der Waals surface area contributed by atoms with Crippen molar-refractivity contribution in [3.8, 4) is 6.07 Å². The van der Waals surface area contributed by atoms with Gasteiger partial charge in [0.2, 0.25) is 0 Å². The van der Waals surface area contributed by atoms with Crippen molar-refractivity contribution >= 4 is 28.5 Å². The van der Waals surface area contributed by atoms with Crippen molar-refractivity contribution in [3.63, 3.8) is 0 Å². The largest absolute Gasteiger partial charge is 0.291 e. The molecule has 0 aliphatic carbocycles. The number of aryl methyl sites for hydroxylation is 1. The number of thiophene rings is 1. The van der Waals surface area contributed by atoms with Gasteiger partial charge in [0.05, 0.1) is 10.9 Å². The number of rotatable bonds is 3. The van der Waals surface area contributed by atoms with Crippen LogP contribution in [-0.4, -0.2) is 10.8 Å². The summed E-state index contributed by atoms with van der Waals surface area (Å²) in [5, 5.41) is 11.7. The molecule has 0 fully saturated rings. The first-order chi connectivity index (χ1) is 9.32. The molecule has 0 N–H and O–H groups in total. The Hall–Kier alpha value is -1.51. The van der Waals surface area contributed by atoms with E-state index in [4.69, 9.17) is 0 Å². The van der Waals surface area contributed by atoms with Crippen LogP contribution in [0.4, 0.5) is 0 Å². The maximum Gasteiger partial charge on any atom is 0.196 e. The van der Waals surface area contributed by atoms with Crippen LogP contribution in [-0.2, 0) is 5.41 Å². The summed E-state index contributed by atoms with van der Waals surface area (Å²) in [5.74, 6) is -0.942. The summed E-state index contributed by atoms with van der Waals surface area (Å²) in [5.41, 5.74) is 0.864. The third-order valence-electron chi connectivity index (χ3n) is 2.86. The van der Waals surface area contributed by atoms with E-state index in [-0.39, 0.29) is 11.2 Å². The predicted octanol–water partition coefficient (Wildman–Crippen LogP) is 4.30. The third-order valence-corrected chi connectivity index (χ3v) is 5.42. The fourth-order valence-electron chi connectivity index (χ4n) is 1.75. The number of aromatic nitrogens is 1. The van der Waals surface area contributed by atoms with Crippen LogP contribution in [0.15, 0.2) is 17.5 Å². The molecule has 0 aromatic carbocycles. The molecule has 2 heterocycles. The smallest absolute Gasteiger partial charge is 0.196 e. The molecule has 3 nitrogen and oxygen atoms in total. The zero-order valence-electron chi connectivity index (χ0n) is 11.9. The number of carbonyl (C=O) groups excluding carboxylic acids is 1. The monoisotopic (exact) mass is 304 g/mol. The number of nitriles is 1. The number of Topliss-reactive ketones (excluding diaryl/α,β-unsaturated/α-hetero) is 1. The molecule has 0 saturated heterocycles. The molecule has 1 unspecified atom stereocenters. The highest BCUT2D eigenvalue weighted by Gasteiger charge is 2.27. The highest BCUT2D eigenvalue weighted by Crippen LogP contribution is 2.32. The van der Waals surface area contributed by atoms with Gasteiger partial charge in [-0.05, 0) is 24.5 Å². The van der Waals surface area contributed by atoms with Crippen LogP contribution < -0.4 is 0 Å². The molecule has 0 radical (unpaired) electrons. The highest BCUT2D eigenvalue weighted by atomic mass is 32.1. The van der Waals surface area contributed by atoms with Gasteiger partial charge in [-0.15, -0.1) is 22.7 Å². The van der Waals surface area contributed by atoms with E-state index in [1.165, 1.54) is 22.7 Å². The summed E-state index contributed by atoms with van der Waals surface area (Å²) in [6.45, 7) is 8.19. The van der Waals surface area contributed by atoms with Crippen molar-refractivity contribution in [3.05, 3.63) is 38.0 Å². The lowest BCUT2D eigenvalue weighted by molar-refractivity contribution is 0.0982. The van der Waals surface area contributed by atoms with E-state index in [1.54, 1.807) is 0 Å². The Kier molecular flexibility index (Phi) is 4.07. The first kappa shape index (κ1) is 14.9. The average molecular weight is 304 g/mol. The van der Waals surface area contributed by atoms with Crippen LogP contribution in [0.5, 0.6) is 0 Å². The minimum absolute atomic E-state index is 0.0170. The molecule has 0 aliphatic heterocycles. The Morgan fingerprint density at radius 2 is 2.10 bits per heavy atom. The standard InChI is InChI=1S/C15H16N2OS2/c1-9-8-19-14(17-9)10(7-16)13(18)11-5-6-12(20-11)15(2,3)4/h5-6,8,10H,1-4H3. The first-order valence-electron chi connectivity index (χ1n) is 6.29. The van der Waals surface area contributed by atoms with Gasteiger partial charge >= 0.3 is 0 Å². The van der Waals surface area contributed by atoms with E-state index >= 15 is 0 Å². The lowest BCUT2D eigenvalue weighted by Gasteiger charge is -2.15. The topological polar surface area (TPSA) is 53.8 Å². The molecule has 2 aromatic rings. The minimum atomic E-state index is -0.792. The van der Waals surface area contributed by atoms with Crippen molar-refractivity contribution in [1.29, 1.82) is 5.26 Å². The van der Waals surface area contributed by atoms with Gasteiger partial charge in [-0.25, -0.2) is 4.98 Å². The molecule has 0 bridgehead atoms. The maximum absolute atomic E-state index is 12.5. The minimum Gasteiger partial charge on any atom is -0.291 e. The lowest BCUT2D eigenvalue weighted by Crippen LogP contribution is -2.10. The summed E-state index contributed by atoms with van der Waals surface area (Å²) in [6.07, 6.45) is 0. The molecule has 20 heavy (non-hydrogen) atoms. The van der Waals surface area contributed by atoms with E-state index < -0.39 is 5.92 Å². The molecule has 1 atom stereocenters. The number of carbonyl (C=O) groups is 1. The van der Waals surface area contributed by atoms with E-state index in [0.29, 0.717) is 9.88 Å². The number of hydrogen-bond acceptors (Lipinski definition) is 5. The molecule has 104 valence electrons. The number of hydrogen-bond donors (Lipinski definition) is 0. The van der Waals surface area contributed by atoms with Gasteiger partial charge in [-0.1, -0.05) is 20.8 Å². The van der Waals surface area contributed by atoms with Gasteiger partial charge < -0.3 is 0 Å². The Labute approximate surface area is 126 Å². The Bertz CT molecular complexity index is 671. The number of thiazole rings is 1. The van der Waals surface area contributed by atoms with E-state index in [0.717, 1.165) is 10.6 Å².